The summed E-state index contributed by atoms with van der Waals surface area (Å²) in [6.45, 7) is 0. The van der Waals surface area contributed by atoms with Crippen LogP contribution in [0.3, 0.4) is 0 Å². The Bertz CT molecular complexity index is 706. The zero-order chi connectivity index (χ0) is 16.1. The van der Waals surface area contributed by atoms with Crippen molar-refractivity contribution in [1.29, 1.82) is 5.26 Å². The molecule has 0 unspecified atom stereocenters. The number of nitrogens with zero attached hydrogens (tertiary/aromatic N) is 3. The molecule has 1 saturated carbocycles. The molecule has 0 saturated heterocycles. The number of aromatic nitrogens is 2. The molecule has 1 aliphatic carbocycles. The van der Waals surface area contributed by atoms with Gasteiger partial charge < -0.3 is 0 Å². The third-order valence-corrected chi connectivity index (χ3v) is 4.80. The highest BCUT2D eigenvalue weighted by molar-refractivity contribution is 5.93. The second-order valence-electron chi connectivity index (χ2n) is 6.33. The first-order valence-corrected chi connectivity index (χ1v) is 8.27. The largest absolute Gasteiger partial charge is 0.297 e. The molecule has 0 N–H and O–H groups in total. The number of ketones is 1. The number of benzene rings is 1. The van der Waals surface area contributed by atoms with Crippen molar-refractivity contribution >= 4 is 5.78 Å². The highest BCUT2D eigenvalue weighted by Gasteiger charge is 2.32. The number of rotatable bonds is 5. The molecule has 4 nitrogen and oxygen atoms in total. The van der Waals surface area contributed by atoms with Crippen LogP contribution >= 0.6 is 0 Å². The molecule has 118 valence electrons. The van der Waals surface area contributed by atoms with Crippen LogP contribution in [0.4, 0.5) is 0 Å². The van der Waals surface area contributed by atoms with Crippen LogP contribution in [0, 0.1) is 16.7 Å². The van der Waals surface area contributed by atoms with Gasteiger partial charge in [0.2, 0.25) is 0 Å². The summed E-state index contributed by atoms with van der Waals surface area (Å²) in [5, 5.41) is 9.54. The Morgan fingerprint density at radius 2 is 1.96 bits per heavy atom. The fourth-order valence-electron chi connectivity index (χ4n) is 3.42. The van der Waals surface area contributed by atoms with E-state index in [1.807, 2.05) is 41.1 Å². The number of hydrogen-bond donors (Lipinski definition) is 0. The Kier molecular flexibility index (Phi) is 4.57. The van der Waals surface area contributed by atoms with E-state index in [2.05, 4.69) is 11.1 Å². The minimum atomic E-state index is -0.307. The highest BCUT2D eigenvalue weighted by Crippen LogP contribution is 2.39. The van der Waals surface area contributed by atoms with Gasteiger partial charge in [0.15, 0.2) is 11.6 Å². The first kappa shape index (κ1) is 15.5. The predicted octanol–water partition coefficient (Wildman–Crippen LogP) is 4.31. The number of carbonyl (C=O) groups is 1. The van der Waals surface area contributed by atoms with Gasteiger partial charge in [-0.25, -0.2) is 4.98 Å². The molecule has 0 radical (unpaired) electrons. The van der Waals surface area contributed by atoms with E-state index in [-0.39, 0.29) is 11.2 Å². The van der Waals surface area contributed by atoms with Crippen LogP contribution in [0.15, 0.2) is 42.7 Å². The van der Waals surface area contributed by atoms with E-state index in [1.165, 1.54) is 6.42 Å². The van der Waals surface area contributed by atoms with E-state index in [4.69, 9.17) is 0 Å². The second kappa shape index (κ2) is 6.78. The number of para-hydroxylation sites is 1. The number of nitriles is 1. The average Bonchev–Trinajstić information content (AvgIpc) is 3.11. The van der Waals surface area contributed by atoms with Crippen molar-refractivity contribution in [1.82, 2.24) is 9.55 Å². The lowest BCUT2D eigenvalue weighted by atomic mass is 9.72. The van der Waals surface area contributed by atoms with Crippen molar-refractivity contribution in [3.05, 3.63) is 48.5 Å². The third kappa shape index (κ3) is 3.34. The quantitative estimate of drug-likeness (QED) is 0.773. The van der Waals surface area contributed by atoms with Gasteiger partial charge in [-0.15, -0.1) is 0 Å². The fraction of sp³-hybridized carbons (Fsp3) is 0.421. The summed E-state index contributed by atoms with van der Waals surface area (Å²) < 4.78 is 1.82. The van der Waals surface area contributed by atoms with Crippen LogP contribution in [-0.4, -0.2) is 15.3 Å². The van der Waals surface area contributed by atoms with Gasteiger partial charge in [0.25, 0.3) is 0 Å². The molecule has 1 fully saturated rings. The Balaban J connectivity index is 1.72. The zero-order valence-corrected chi connectivity index (χ0v) is 13.2. The summed E-state index contributed by atoms with van der Waals surface area (Å²) in [4.78, 5) is 16.8. The molecule has 23 heavy (non-hydrogen) atoms. The SMILES string of the molecule is N#CC1(CCC(=O)c2nccn2-c2ccccc2)CCCCC1. The standard InChI is InChI=1S/C19H21N3O/c20-15-19(10-5-2-6-11-19)12-9-17(23)18-21-13-14-22(18)16-7-3-1-4-8-16/h1,3-4,7-8,13-14H,2,5-6,9-12H2. The Morgan fingerprint density at radius 3 is 2.65 bits per heavy atom. The van der Waals surface area contributed by atoms with E-state index in [1.54, 1.807) is 6.20 Å². The fourth-order valence-corrected chi connectivity index (χ4v) is 3.42. The Labute approximate surface area is 136 Å². The van der Waals surface area contributed by atoms with Gasteiger partial charge in [0.1, 0.15) is 0 Å². The second-order valence-corrected chi connectivity index (χ2v) is 6.33. The maximum absolute atomic E-state index is 12.6. The van der Waals surface area contributed by atoms with Crippen molar-refractivity contribution in [2.75, 3.05) is 0 Å². The van der Waals surface area contributed by atoms with Crippen LogP contribution in [0.25, 0.3) is 5.69 Å². The Morgan fingerprint density at radius 1 is 1.22 bits per heavy atom. The van der Waals surface area contributed by atoms with Crippen molar-refractivity contribution in [3.63, 3.8) is 0 Å². The summed E-state index contributed by atoms with van der Waals surface area (Å²) >= 11 is 0. The number of hydrogen-bond acceptors (Lipinski definition) is 3. The van der Waals surface area contributed by atoms with Crippen LogP contribution in [-0.2, 0) is 0 Å². The van der Waals surface area contributed by atoms with Gasteiger partial charge in [-0.2, -0.15) is 5.26 Å². The monoisotopic (exact) mass is 307 g/mol. The normalized spacial score (nSPS) is 16.7. The molecule has 1 aromatic heterocycles. The Hall–Kier alpha value is -2.41. The highest BCUT2D eigenvalue weighted by atomic mass is 16.1. The smallest absolute Gasteiger partial charge is 0.198 e. The van der Waals surface area contributed by atoms with Crippen LogP contribution in [0.2, 0.25) is 0 Å². The van der Waals surface area contributed by atoms with Gasteiger partial charge in [0, 0.05) is 24.5 Å². The molecule has 1 aliphatic rings. The van der Waals surface area contributed by atoms with Crippen molar-refractivity contribution in [2.24, 2.45) is 5.41 Å². The summed E-state index contributed by atoms with van der Waals surface area (Å²) in [7, 11) is 0. The minimum absolute atomic E-state index is 0.0130. The van der Waals surface area contributed by atoms with E-state index in [9.17, 15) is 10.1 Å². The molecule has 0 bridgehead atoms. The molecule has 0 amide bonds. The van der Waals surface area contributed by atoms with Crippen molar-refractivity contribution < 1.29 is 4.79 Å². The van der Waals surface area contributed by atoms with Gasteiger partial charge >= 0.3 is 0 Å². The zero-order valence-electron chi connectivity index (χ0n) is 13.2. The van der Waals surface area contributed by atoms with E-state index in [0.29, 0.717) is 18.7 Å². The van der Waals surface area contributed by atoms with Gasteiger partial charge in [-0.3, -0.25) is 9.36 Å². The van der Waals surface area contributed by atoms with Gasteiger partial charge in [-0.1, -0.05) is 37.5 Å². The topological polar surface area (TPSA) is 58.7 Å². The van der Waals surface area contributed by atoms with Crippen LogP contribution < -0.4 is 0 Å². The van der Waals surface area contributed by atoms with E-state index < -0.39 is 0 Å². The molecule has 1 heterocycles. The van der Waals surface area contributed by atoms with Crippen molar-refractivity contribution in [3.8, 4) is 11.8 Å². The minimum Gasteiger partial charge on any atom is -0.297 e. The summed E-state index contributed by atoms with van der Waals surface area (Å²) in [5.74, 6) is 0.471. The van der Waals surface area contributed by atoms with Gasteiger partial charge in [-0.05, 0) is 31.4 Å². The maximum atomic E-state index is 12.6. The third-order valence-electron chi connectivity index (χ3n) is 4.80. The molecule has 2 aromatic rings. The van der Waals surface area contributed by atoms with Crippen molar-refractivity contribution in [2.45, 2.75) is 44.9 Å². The molecular formula is C19H21N3O. The molecule has 0 atom stereocenters. The average molecular weight is 307 g/mol. The lowest BCUT2D eigenvalue weighted by Gasteiger charge is -2.30. The number of carbonyl (C=O) groups excluding carboxylic acids is 1. The van der Waals surface area contributed by atoms with Crippen LogP contribution in [0.5, 0.6) is 0 Å². The van der Waals surface area contributed by atoms with E-state index in [0.717, 1.165) is 31.4 Å². The molecule has 1 aromatic carbocycles. The lowest BCUT2D eigenvalue weighted by Crippen LogP contribution is -2.23. The van der Waals surface area contributed by atoms with E-state index >= 15 is 0 Å². The molecular weight excluding hydrogens is 286 g/mol. The predicted molar refractivity (Wildman–Crippen MR) is 88.3 cm³/mol. The first-order valence-electron chi connectivity index (χ1n) is 8.27. The lowest BCUT2D eigenvalue weighted by molar-refractivity contribution is 0.0946. The first-order chi connectivity index (χ1) is 11.2. The summed E-state index contributed by atoms with van der Waals surface area (Å²) in [5.41, 5.74) is 0.624. The van der Waals surface area contributed by atoms with Crippen LogP contribution in [0.1, 0.15) is 55.6 Å². The number of imidazole rings is 1. The van der Waals surface area contributed by atoms with Gasteiger partial charge in [0.05, 0.1) is 11.5 Å². The number of Topliss-reactive ketones (excluding diaryl/α,β-unsaturated/α-hetero) is 1. The summed E-state index contributed by atoms with van der Waals surface area (Å²) in [6, 6.07) is 12.2. The molecule has 0 aliphatic heterocycles. The maximum Gasteiger partial charge on any atom is 0.198 e. The molecule has 4 heteroatoms. The summed E-state index contributed by atoms with van der Waals surface area (Å²) in [6.07, 6.45) is 9.73. The molecule has 3 rings (SSSR count). The molecule has 0 spiro atoms.